The minimum atomic E-state index is -0.000457. The van der Waals surface area contributed by atoms with Crippen LogP contribution < -0.4 is 4.90 Å². The van der Waals surface area contributed by atoms with Crippen LogP contribution in [0.5, 0.6) is 0 Å². The van der Waals surface area contributed by atoms with Gasteiger partial charge < -0.3 is 0 Å². The zero-order valence-electron chi connectivity index (χ0n) is 11.0. The molecule has 0 unspecified atom stereocenters. The number of thiazole rings is 1. The van der Waals surface area contributed by atoms with E-state index in [0.717, 1.165) is 11.3 Å². The fraction of sp³-hybridized carbons (Fsp3) is 0.286. The minimum absolute atomic E-state index is 0.000457. The SMILES string of the molecule is CCN(C(=O)CCCl)c1nc(-c2ccc(Cl)cc2)cs1. The first-order valence-corrected chi connectivity index (χ1v) is 8.02. The van der Waals surface area contributed by atoms with Crippen molar-refractivity contribution in [2.24, 2.45) is 0 Å². The van der Waals surface area contributed by atoms with Gasteiger partial charge in [-0.25, -0.2) is 4.98 Å². The number of alkyl halides is 1. The van der Waals surface area contributed by atoms with Gasteiger partial charge in [-0.3, -0.25) is 9.69 Å². The van der Waals surface area contributed by atoms with Gasteiger partial charge in [0.1, 0.15) is 0 Å². The number of hydrogen-bond donors (Lipinski definition) is 0. The van der Waals surface area contributed by atoms with Gasteiger partial charge in [0.05, 0.1) is 5.69 Å². The summed E-state index contributed by atoms with van der Waals surface area (Å²) in [6, 6.07) is 7.48. The van der Waals surface area contributed by atoms with Crippen molar-refractivity contribution in [2.45, 2.75) is 13.3 Å². The first-order valence-electron chi connectivity index (χ1n) is 6.23. The Morgan fingerprint density at radius 1 is 1.35 bits per heavy atom. The molecule has 1 aromatic carbocycles. The van der Waals surface area contributed by atoms with E-state index >= 15 is 0 Å². The van der Waals surface area contributed by atoms with E-state index in [2.05, 4.69) is 4.98 Å². The smallest absolute Gasteiger partial charge is 0.229 e. The molecule has 0 fully saturated rings. The molecule has 0 saturated carbocycles. The van der Waals surface area contributed by atoms with Crippen molar-refractivity contribution in [3.8, 4) is 11.3 Å². The van der Waals surface area contributed by atoms with Crippen molar-refractivity contribution in [1.82, 2.24) is 4.98 Å². The first-order chi connectivity index (χ1) is 9.65. The Balaban J connectivity index is 2.23. The van der Waals surface area contributed by atoms with E-state index < -0.39 is 0 Å². The lowest BCUT2D eigenvalue weighted by Crippen LogP contribution is -2.30. The number of benzene rings is 1. The van der Waals surface area contributed by atoms with Gasteiger partial charge in [-0.2, -0.15) is 0 Å². The monoisotopic (exact) mass is 328 g/mol. The molecule has 0 saturated heterocycles. The van der Waals surface area contributed by atoms with E-state index in [-0.39, 0.29) is 5.91 Å². The number of halogens is 2. The van der Waals surface area contributed by atoms with Crippen molar-refractivity contribution in [3.05, 3.63) is 34.7 Å². The third kappa shape index (κ3) is 3.51. The second kappa shape index (κ2) is 7.07. The predicted octanol–water partition coefficient (Wildman–Crippen LogP) is 4.45. The molecule has 0 atom stereocenters. The van der Waals surface area contributed by atoms with E-state index in [1.807, 2.05) is 36.6 Å². The number of nitrogens with zero attached hydrogens (tertiary/aromatic N) is 2. The van der Waals surface area contributed by atoms with Crippen molar-refractivity contribution in [3.63, 3.8) is 0 Å². The number of carbonyl (C=O) groups is 1. The molecule has 0 N–H and O–H groups in total. The molecule has 0 aliphatic rings. The fourth-order valence-corrected chi connectivity index (χ4v) is 2.98. The molecule has 0 bridgehead atoms. The van der Waals surface area contributed by atoms with Crippen molar-refractivity contribution in [1.29, 1.82) is 0 Å². The summed E-state index contributed by atoms with van der Waals surface area (Å²) >= 11 is 12.9. The largest absolute Gasteiger partial charge is 0.288 e. The van der Waals surface area contributed by atoms with Gasteiger partial charge in [-0.15, -0.1) is 22.9 Å². The average Bonchev–Trinajstić information content (AvgIpc) is 2.90. The van der Waals surface area contributed by atoms with Crippen molar-refractivity contribution in [2.75, 3.05) is 17.3 Å². The molecule has 1 aromatic heterocycles. The molecule has 2 aromatic rings. The molecular formula is C14H14Cl2N2OS. The van der Waals surface area contributed by atoms with E-state index in [9.17, 15) is 4.79 Å². The third-order valence-electron chi connectivity index (χ3n) is 2.79. The first kappa shape index (κ1) is 15.3. The minimum Gasteiger partial charge on any atom is -0.288 e. The van der Waals surface area contributed by atoms with Crippen LogP contribution in [-0.2, 0) is 4.79 Å². The number of amides is 1. The topological polar surface area (TPSA) is 33.2 Å². The Bertz CT molecular complexity index is 583. The van der Waals surface area contributed by atoms with Crippen LogP contribution in [0.25, 0.3) is 11.3 Å². The molecule has 0 spiro atoms. The Hall–Kier alpha value is -1.10. The standard InChI is InChI=1S/C14H14Cl2N2OS/c1-2-18(13(19)7-8-15)14-17-12(9-20-14)10-3-5-11(16)6-4-10/h3-6,9H,2,7-8H2,1H3. The molecule has 0 radical (unpaired) electrons. The van der Waals surface area contributed by atoms with Crippen LogP contribution in [0.3, 0.4) is 0 Å². The van der Waals surface area contributed by atoms with Crippen LogP contribution in [0.4, 0.5) is 5.13 Å². The third-order valence-corrected chi connectivity index (χ3v) is 4.09. The summed E-state index contributed by atoms with van der Waals surface area (Å²) in [7, 11) is 0. The lowest BCUT2D eigenvalue weighted by Gasteiger charge is -2.16. The van der Waals surface area contributed by atoms with Crippen molar-refractivity contribution < 1.29 is 4.79 Å². The normalized spacial score (nSPS) is 10.6. The van der Waals surface area contributed by atoms with Gasteiger partial charge in [0, 0.05) is 34.8 Å². The van der Waals surface area contributed by atoms with Crippen LogP contribution >= 0.6 is 34.5 Å². The summed E-state index contributed by atoms with van der Waals surface area (Å²) in [6.45, 7) is 2.51. The summed E-state index contributed by atoms with van der Waals surface area (Å²) in [5.74, 6) is 0.324. The van der Waals surface area contributed by atoms with Crippen LogP contribution in [0.1, 0.15) is 13.3 Å². The Morgan fingerprint density at radius 2 is 2.05 bits per heavy atom. The molecule has 2 rings (SSSR count). The molecule has 1 heterocycles. The van der Waals surface area contributed by atoms with Crippen molar-refractivity contribution >= 4 is 45.6 Å². The van der Waals surface area contributed by atoms with E-state index in [1.54, 1.807) is 4.90 Å². The second-order valence-corrected chi connectivity index (χ2v) is 5.75. The highest BCUT2D eigenvalue weighted by atomic mass is 35.5. The van der Waals surface area contributed by atoms with Gasteiger partial charge in [0.25, 0.3) is 0 Å². The van der Waals surface area contributed by atoms with E-state index in [1.165, 1.54) is 11.3 Å². The zero-order valence-corrected chi connectivity index (χ0v) is 13.3. The molecule has 0 aliphatic heterocycles. The fourth-order valence-electron chi connectivity index (χ4n) is 1.78. The summed E-state index contributed by atoms with van der Waals surface area (Å²) in [6.07, 6.45) is 0.325. The van der Waals surface area contributed by atoms with Gasteiger partial charge in [-0.1, -0.05) is 23.7 Å². The number of hydrogen-bond acceptors (Lipinski definition) is 3. The lowest BCUT2D eigenvalue weighted by atomic mass is 10.2. The average molecular weight is 329 g/mol. The highest BCUT2D eigenvalue weighted by molar-refractivity contribution is 7.14. The van der Waals surface area contributed by atoms with Gasteiger partial charge in [0.2, 0.25) is 5.91 Å². The van der Waals surface area contributed by atoms with E-state index in [0.29, 0.717) is 29.0 Å². The number of carbonyl (C=O) groups excluding carboxylic acids is 1. The summed E-state index contributed by atoms with van der Waals surface area (Å²) in [5.41, 5.74) is 1.83. The van der Waals surface area contributed by atoms with Gasteiger partial charge in [-0.05, 0) is 19.1 Å². The Kier molecular flexibility index (Phi) is 5.40. The number of anilines is 1. The van der Waals surface area contributed by atoms with Crippen LogP contribution in [0, 0.1) is 0 Å². The van der Waals surface area contributed by atoms with Crippen LogP contribution in [0.2, 0.25) is 5.02 Å². The molecule has 3 nitrogen and oxygen atoms in total. The molecular weight excluding hydrogens is 315 g/mol. The van der Waals surface area contributed by atoms with Gasteiger partial charge in [0.15, 0.2) is 5.13 Å². The zero-order chi connectivity index (χ0) is 14.5. The maximum absolute atomic E-state index is 12.0. The highest BCUT2D eigenvalue weighted by Crippen LogP contribution is 2.28. The lowest BCUT2D eigenvalue weighted by molar-refractivity contribution is -0.118. The second-order valence-electron chi connectivity index (χ2n) is 4.10. The molecule has 1 amide bonds. The maximum Gasteiger partial charge on any atom is 0.229 e. The Labute approximate surface area is 132 Å². The predicted molar refractivity (Wildman–Crippen MR) is 85.9 cm³/mol. The van der Waals surface area contributed by atoms with E-state index in [4.69, 9.17) is 23.2 Å². The number of rotatable bonds is 5. The number of aromatic nitrogens is 1. The summed E-state index contributed by atoms with van der Waals surface area (Å²) in [5, 5.41) is 3.33. The maximum atomic E-state index is 12.0. The summed E-state index contributed by atoms with van der Waals surface area (Å²) in [4.78, 5) is 18.1. The molecule has 106 valence electrons. The van der Waals surface area contributed by atoms with Gasteiger partial charge >= 0.3 is 0 Å². The molecule has 0 aliphatic carbocycles. The summed E-state index contributed by atoms with van der Waals surface area (Å²) < 4.78 is 0. The van der Waals surface area contributed by atoms with Crippen LogP contribution in [0.15, 0.2) is 29.6 Å². The quantitative estimate of drug-likeness (QED) is 0.760. The Morgan fingerprint density at radius 3 is 2.65 bits per heavy atom. The molecule has 20 heavy (non-hydrogen) atoms. The highest BCUT2D eigenvalue weighted by Gasteiger charge is 2.17. The molecule has 6 heteroatoms. The van der Waals surface area contributed by atoms with Crippen LogP contribution in [-0.4, -0.2) is 23.3 Å².